The van der Waals surface area contributed by atoms with E-state index in [4.69, 9.17) is 28.4 Å². The Labute approximate surface area is 664 Å². The van der Waals surface area contributed by atoms with Crippen molar-refractivity contribution in [3.63, 3.8) is 0 Å². The third-order valence-electron chi connectivity index (χ3n) is 29.2. The fourth-order valence-electron chi connectivity index (χ4n) is 23.5. The maximum absolute atomic E-state index is 14.0. The summed E-state index contributed by atoms with van der Waals surface area (Å²) in [7, 11) is -6.85. The summed E-state index contributed by atoms with van der Waals surface area (Å²) in [6.45, 7) is 9.16. The molecule has 113 heavy (non-hydrogen) atoms. The average molecular weight is 1730 g/mol. The summed E-state index contributed by atoms with van der Waals surface area (Å²) in [4.78, 5) is 0. The summed E-state index contributed by atoms with van der Waals surface area (Å²) < 4.78 is 318. The molecule has 0 radical (unpaired) electrons. The predicted molar refractivity (Wildman–Crippen MR) is 402 cm³/mol. The fourth-order valence-corrected chi connectivity index (χ4v) is 24.2. The summed E-state index contributed by atoms with van der Waals surface area (Å²) >= 11 is 0. The molecule has 0 aromatic rings. The van der Waals surface area contributed by atoms with E-state index in [-0.39, 0.29) is 88.2 Å². The third-order valence-corrected chi connectivity index (χ3v) is 36.4. The second-order valence-corrected chi connectivity index (χ2v) is 48.0. The van der Waals surface area contributed by atoms with E-state index < -0.39 is 116 Å². The van der Waals surface area contributed by atoms with Crippen molar-refractivity contribution < 1.29 is 134 Å². The molecule has 0 aromatic heterocycles. The van der Waals surface area contributed by atoms with Gasteiger partial charge in [0, 0.05) is 41.2 Å². The molecule has 3 aliphatic heterocycles. The molecule has 12 aliphatic carbocycles. The van der Waals surface area contributed by atoms with E-state index in [2.05, 4.69) is 13.3 Å². The maximum atomic E-state index is 14.0. The standard InChI is InChI=1S/C21H28F6O2.C21H31F3O2.C20H29F3O2.3C4H9F3OSi.6CH4/c22-20(23,24)19(21(25,26)27,29-16-3-1-2-6-28-16)10-14-8-13-9-15(14)18-12-5-4-11(7-12)17(13)18;1-20(21(22,23)24,26-17-4-2-3-7-25-17)11-15-9-14-10-16(15)19-13-6-5-12(8-13)18(14)19;21-20(22,23)16(25-17-3-1-2-6-24-17)10-13-8-14-9-15(13)19-12-5-4-11(7-12)18(14)19;3*1-8-9(2,3)4(5,6)7;;;;;;/h11-18H,1-10H2;12-19H,2-11H2,1H3;11-19H,1-10H2;3*1-3H3;6*1H4. The van der Waals surface area contributed by atoms with Gasteiger partial charge in [0.2, 0.25) is 0 Å². The first kappa shape index (κ1) is 104. The van der Waals surface area contributed by atoms with Gasteiger partial charge in [0.05, 0.1) is 0 Å². The van der Waals surface area contributed by atoms with Gasteiger partial charge in [-0.1, -0.05) is 44.6 Å². The van der Waals surface area contributed by atoms with Crippen LogP contribution in [0.15, 0.2) is 0 Å². The Morgan fingerprint density at radius 3 is 0.894 bits per heavy atom. The van der Waals surface area contributed by atoms with E-state index in [1.165, 1.54) is 64.7 Å². The Balaban J connectivity index is 0.000000301. The monoisotopic (exact) mass is 1730 g/mol. The second kappa shape index (κ2) is 39.1. The smallest absolute Gasteiger partial charge is 0.411 e. The van der Waals surface area contributed by atoms with Gasteiger partial charge in [-0.05, 0) is 344 Å². The zero-order valence-corrected chi connectivity index (χ0v) is 66.3. The van der Waals surface area contributed by atoms with Crippen LogP contribution in [0.5, 0.6) is 0 Å². The lowest BCUT2D eigenvalue weighted by Gasteiger charge is -2.45. The van der Waals surface area contributed by atoms with Gasteiger partial charge >= 0.3 is 67.1 Å². The van der Waals surface area contributed by atoms with Crippen LogP contribution in [0.1, 0.15) is 225 Å². The first-order chi connectivity index (χ1) is 49.4. The minimum atomic E-state index is -5.53. The van der Waals surface area contributed by atoms with Crippen LogP contribution < -0.4 is 0 Å². The number of fused-ring (bicyclic) bond motifs is 27. The molecule has 15 rings (SSSR count). The van der Waals surface area contributed by atoms with Gasteiger partial charge < -0.3 is 41.7 Å². The molecule has 3 saturated heterocycles. The van der Waals surface area contributed by atoms with E-state index >= 15 is 0 Å². The van der Waals surface area contributed by atoms with E-state index in [1.54, 1.807) is 0 Å². The Kier molecular flexibility index (Phi) is 36.1. The first-order valence-corrected chi connectivity index (χ1v) is 48.1. The third kappa shape index (κ3) is 22.3. The van der Waals surface area contributed by atoms with Crippen molar-refractivity contribution in [3.8, 4) is 0 Å². The van der Waals surface area contributed by atoms with E-state index in [0.717, 1.165) is 166 Å². The van der Waals surface area contributed by atoms with Crippen LogP contribution in [0.2, 0.25) is 39.3 Å². The number of halogens is 21. The Hall–Kier alpha value is -1.18. The van der Waals surface area contributed by atoms with Crippen LogP contribution in [0, 0.1) is 124 Å². The highest BCUT2D eigenvalue weighted by Gasteiger charge is 2.76. The van der Waals surface area contributed by atoms with Gasteiger partial charge in [-0.15, -0.1) is 0 Å². The van der Waals surface area contributed by atoms with Crippen molar-refractivity contribution in [1.29, 1.82) is 0 Å². The Morgan fingerprint density at radius 1 is 0.327 bits per heavy atom. The minimum Gasteiger partial charge on any atom is -0.411 e. The molecule has 0 spiro atoms. The van der Waals surface area contributed by atoms with Crippen LogP contribution in [0.4, 0.5) is 92.2 Å². The van der Waals surface area contributed by atoms with Crippen molar-refractivity contribution in [2.24, 2.45) is 124 Å². The lowest BCUT2D eigenvalue weighted by atomic mass is 9.65. The number of ether oxygens (including phenoxy) is 6. The zero-order chi connectivity index (χ0) is 79.0. The predicted octanol–water partition coefficient (Wildman–Crippen LogP) is 26.5. The van der Waals surface area contributed by atoms with Crippen LogP contribution >= 0.6 is 0 Å². The molecule has 15 aliphatic rings. The van der Waals surface area contributed by atoms with Gasteiger partial charge in [-0.3, -0.25) is 0 Å². The largest absolute Gasteiger partial charge is 0.426 e. The molecule has 12 bridgehead atoms. The van der Waals surface area contributed by atoms with Crippen molar-refractivity contribution in [3.05, 3.63) is 0 Å². The summed E-state index contributed by atoms with van der Waals surface area (Å²) in [5.41, 5.74) is -6.21. The second-order valence-electron chi connectivity index (χ2n) is 36.1. The lowest BCUT2D eigenvalue weighted by Crippen LogP contribution is -2.62. The van der Waals surface area contributed by atoms with Gasteiger partial charge in [0.15, 0.2) is 30.6 Å². The van der Waals surface area contributed by atoms with Crippen molar-refractivity contribution >= 4 is 25.0 Å². The molecule has 15 fully saturated rings. The topological polar surface area (TPSA) is 83.1 Å². The highest BCUT2D eigenvalue weighted by molar-refractivity contribution is 6.73. The van der Waals surface area contributed by atoms with Gasteiger partial charge in [-0.2, -0.15) is 92.2 Å². The van der Waals surface area contributed by atoms with Crippen molar-refractivity contribution in [2.75, 3.05) is 41.2 Å². The van der Waals surface area contributed by atoms with Crippen molar-refractivity contribution in [1.82, 2.24) is 0 Å². The van der Waals surface area contributed by atoms with Crippen LogP contribution in [-0.2, 0) is 41.7 Å². The molecule has 12 saturated carbocycles. The van der Waals surface area contributed by atoms with Crippen LogP contribution in [0.3, 0.4) is 0 Å². The molecule has 672 valence electrons. The number of hydrogen-bond donors (Lipinski definition) is 0. The lowest BCUT2D eigenvalue weighted by molar-refractivity contribution is -0.416. The normalized spacial score (nSPS) is 37.1. The molecule has 0 N–H and O–H groups in total. The summed E-state index contributed by atoms with van der Waals surface area (Å²) in [5, 5.41) is 0. The molecule has 9 nitrogen and oxygen atoms in total. The maximum Gasteiger partial charge on any atom is 0.426 e. The molecule has 26 atom stereocenters. The number of rotatable bonds is 15. The van der Waals surface area contributed by atoms with E-state index in [9.17, 15) is 92.2 Å². The Bertz CT molecular complexity index is 2770. The zero-order valence-electron chi connectivity index (χ0n) is 63.3. The molecule has 33 heteroatoms. The highest BCUT2D eigenvalue weighted by Crippen LogP contribution is 2.73. The van der Waals surface area contributed by atoms with E-state index in [1.807, 2.05) is 0 Å². The number of hydrogen-bond acceptors (Lipinski definition) is 9. The van der Waals surface area contributed by atoms with Gasteiger partial charge in [-0.25, -0.2) is 0 Å². The highest BCUT2D eigenvalue weighted by atomic mass is 28.4. The Morgan fingerprint density at radius 2 is 0.619 bits per heavy atom. The molecular formula is C80H139F21O9Si3. The minimum absolute atomic E-state index is 0. The molecule has 0 amide bonds. The molecule has 26 unspecified atom stereocenters. The first-order valence-electron chi connectivity index (χ1n) is 39.4. The summed E-state index contributed by atoms with van der Waals surface area (Å²) in [6.07, 6.45) is -1.61. The van der Waals surface area contributed by atoms with Gasteiger partial charge in [0.25, 0.3) is 5.60 Å². The molecular weight excluding hydrogens is 1590 g/mol. The van der Waals surface area contributed by atoms with Crippen LogP contribution in [-0.4, -0.2) is 144 Å². The summed E-state index contributed by atoms with van der Waals surface area (Å²) in [6, 6.07) is 0. The summed E-state index contributed by atoms with van der Waals surface area (Å²) in [5.74, 6) is -1.26. The fraction of sp³-hybridized carbons (Fsp3) is 1.00. The SMILES string of the molecule is C.C.C.C.C.C.CC(CC1CC2CC1C1C3CCC(C3)C21)(OC1CCCCO1)C(F)(F)F.CO[Si](C)(C)C(F)(F)F.CO[Si](C)(C)C(F)(F)F.CO[Si](C)(C)C(F)(F)F.FC(F)(F)C(CC1CC2CC1C1C3CCC(C3)C21)(OC1CCCCO1)C(F)(F)F.FC(F)(F)C(CC1CC2CC1C1C3CCC(C3)C21)OC1CCCCO1. The molecule has 3 heterocycles. The van der Waals surface area contributed by atoms with Crippen LogP contribution in [0.25, 0.3) is 0 Å². The van der Waals surface area contributed by atoms with Gasteiger partial charge in [0.1, 0.15) is 0 Å². The molecule has 0 aromatic carbocycles. The quantitative estimate of drug-likeness (QED) is 0.0904. The number of alkyl halides is 21. The van der Waals surface area contributed by atoms with E-state index in [0.29, 0.717) is 98.6 Å². The average Bonchev–Trinajstić information content (AvgIpc) is 1.57. The van der Waals surface area contributed by atoms with Crippen molar-refractivity contribution in [2.45, 2.75) is 342 Å².